The lowest BCUT2D eigenvalue weighted by molar-refractivity contribution is 0.171. The number of hydrogen-bond donors (Lipinski definition) is 2. The second-order valence-electron chi connectivity index (χ2n) is 5.21. The average molecular weight is 377 g/mol. The second kappa shape index (κ2) is 6.91. The van der Waals surface area contributed by atoms with Crippen molar-refractivity contribution in [1.82, 2.24) is 5.32 Å². The quantitative estimate of drug-likeness (QED) is 0.854. The van der Waals surface area contributed by atoms with Gasteiger partial charge in [0.2, 0.25) is 0 Å². The van der Waals surface area contributed by atoms with Crippen LogP contribution in [0.15, 0.2) is 40.9 Å². The Morgan fingerprint density at radius 3 is 2.61 bits per heavy atom. The number of aryl methyl sites for hydroxylation is 1. The highest BCUT2D eigenvalue weighted by atomic mass is 79.9. The van der Waals surface area contributed by atoms with Gasteiger partial charge in [-0.2, -0.15) is 0 Å². The van der Waals surface area contributed by atoms with Crippen molar-refractivity contribution in [3.63, 3.8) is 0 Å². The van der Waals surface area contributed by atoms with Crippen molar-refractivity contribution in [3.05, 3.63) is 52.0 Å². The zero-order valence-corrected chi connectivity index (χ0v) is 14.3. The first-order valence-corrected chi connectivity index (χ1v) is 8.11. The number of amides is 2. The van der Waals surface area contributed by atoms with Crippen LogP contribution in [0.5, 0.6) is 11.5 Å². The number of carbonyl (C=O) groups excluding carboxylic acids is 1. The molecule has 0 radical (unpaired) electrons. The van der Waals surface area contributed by atoms with Crippen LogP contribution in [-0.2, 0) is 6.54 Å². The van der Waals surface area contributed by atoms with Crippen LogP contribution < -0.4 is 20.1 Å². The Bertz CT molecular complexity index is 734. The van der Waals surface area contributed by atoms with E-state index in [1.54, 1.807) is 12.1 Å². The number of carbonyl (C=O) groups is 1. The summed E-state index contributed by atoms with van der Waals surface area (Å²) in [5.41, 5.74) is 2.87. The van der Waals surface area contributed by atoms with Crippen molar-refractivity contribution in [2.75, 3.05) is 18.5 Å². The molecule has 0 atom stereocenters. The van der Waals surface area contributed by atoms with E-state index in [1.807, 2.05) is 31.2 Å². The first-order chi connectivity index (χ1) is 11.1. The normalized spacial score (nSPS) is 12.6. The lowest BCUT2D eigenvalue weighted by Gasteiger charge is -2.20. The van der Waals surface area contributed by atoms with E-state index in [4.69, 9.17) is 9.47 Å². The number of urea groups is 1. The van der Waals surface area contributed by atoms with Crippen LogP contribution in [0.4, 0.5) is 10.5 Å². The molecule has 0 aromatic heterocycles. The molecule has 0 spiro atoms. The predicted molar refractivity (Wildman–Crippen MR) is 92.2 cm³/mol. The maximum atomic E-state index is 12.1. The van der Waals surface area contributed by atoms with Gasteiger partial charge in [0.25, 0.3) is 0 Å². The SMILES string of the molecule is Cc1ccccc1CNC(=O)Nc1cc2c(cc1Br)OCCO2. The lowest BCUT2D eigenvalue weighted by atomic mass is 10.1. The monoisotopic (exact) mass is 376 g/mol. The number of benzene rings is 2. The summed E-state index contributed by atoms with van der Waals surface area (Å²) in [4.78, 5) is 12.1. The van der Waals surface area contributed by atoms with Gasteiger partial charge in [-0.05, 0) is 34.0 Å². The van der Waals surface area contributed by atoms with E-state index in [1.165, 1.54) is 0 Å². The van der Waals surface area contributed by atoms with Crippen molar-refractivity contribution in [1.29, 1.82) is 0 Å². The molecule has 1 aliphatic rings. The molecule has 0 fully saturated rings. The highest BCUT2D eigenvalue weighted by Crippen LogP contribution is 2.38. The predicted octanol–water partition coefficient (Wildman–Crippen LogP) is 3.85. The van der Waals surface area contributed by atoms with Gasteiger partial charge in [-0.1, -0.05) is 24.3 Å². The second-order valence-corrected chi connectivity index (χ2v) is 6.06. The van der Waals surface area contributed by atoms with Crippen LogP contribution in [0.3, 0.4) is 0 Å². The van der Waals surface area contributed by atoms with Gasteiger partial charge in [0.05, 0.1) is 5.69 Å². The molecular weight excluding hydrogens is 360 g/mol. The van der Waals surface area contributed by atoms with Gasteiger partial charge in [0.1, 0.15) is 13.2 Å². The Hall–Kier alpha value is -2.21. The van der Waals surface area contributed by atoms with Crippen molar-refractivity contribution >= 4 is 27.6 Å². The van der Waals surface area contributed by atoms with Gasteiger partial charge >= 0.3 is 6.03 Å². The molecule has 2 N–H and O–H groups in total. The largest absolute Gasteiger partial charge is 0.486 e. The van der Waals surface area contributed by atoms with Crippen molar-refractivity contribution in [2.45, 2.75) is 13.5 Å². The number of halogens is 1. The van der Waals surface area contributed by atoms with Crippen LogP contribution in [0, 0.1) is 6.92 Å². The van der Waals surface area contributed by atoms with Gasteiger partial charge in [-0.15, -0.1) is 0 Å². The van der Waals surface area contributed by atoms with Crippen LogP contribution in [-0.4, -0.2) is 19.2 Å². The smallest absolute Gasteiger partial charge is 0.319 e. The van der Waals surface area contributed by atoms with E-state index in [0.717, 1.165) is 15.6 Å². The molecule has 0 unspecified atom stereocenters. The highest BCUT2D eigenvalue weighted by molar-refractivity contribution is 9.10. The van der Waals surface area contributed by atoms with Crippen LogP contribution in [0.1, 0.15) is 11.1 Å². The number of hydrogen-bond acceptors (Lipinski definition) is 3. The third-order valence-electron chi connectivity index (χ3n) is 3.58. The van der Waals surface area contributed by atoms with E-state index >= 15 is 0 Å². The summed E-state index contributed by atoms with van der Waals surface area (Å²) in [5, 5.41) is 5.67. The summed E-state index contributed by atoms with van der Waals surface area (Å²) in [6.07, 6.45) is 0. The number of anilines is 1. The molecule has 3 rings (SSSR count). The van der Waals surface area contributed by atoms with Crippen LogP contribution in [0.25, 0.3) is 0 Å². The number of nitrogens with one attached hydrogen (secondary N) is 2. The minimum Gasteiger partial charge on any atom is -0.486 e. The Labute approximate surface area is 143 Å². The van der Waals surface area contributed by atoms with Gasteiger partial charge in [0.15, 0.2) is 11.5 Å². The molecule has 0 aliphatic carbocycles. The van der Waals surface area contributed by atoms with Crippen molar-refractivity contribution in [3.8, 4) is 11.5 Å². The molecule has 0 saturated carbocycles. The molecule has 2 aromatic carbocycles. The zero-order chi connectivity index (χ0) is 16.2. The Kier molecular flexibility index (Phi) is 4.71. The molecule has 1 heterocycles. The topological polar surface area (TPSA) is 59.6 Å². The fourth-order valence-corrected chi connectivity index (χ4v) is 2.73. The molecule has 23 heavy (non-hydrogen) atoms. The minimum atomic E-state index is -0.273. The molecule has 0 saturated heterocycles. The van der Waals surface area contributed by atoms with Crippen molar-refractivity contribution in [2.24, 2.45) is 0 Å². The minimum absolute atomic E-state index is 0.273. The Morgan fingerprint density at radius 1 is 1.17 bits per heavy atom. The molecule has 1 aliphatic heterocycles. The Balaban J connectivity index is 1.65. The third-order valence-corrected chi connectivity index (χ3v) is 4.24. The van der Waals surface area contributed by atoms with E-state index in [0.29, 0.717) is 36.9 Å². The van der Waals surface area contributed by atoms with E-state index in [2.05, 4.69) is 26.6 Å². The molecular formula is C17H17BrN2O3. The van der Waals surface area contributed by atoms with E-state index in [9.17, 15) is 4.79 Å². The molecule has 120 valence electrons. The zero-order valence-electron chi connectivity index (χ0n) is 12.7. The summed E-state index contributed by atoms with van der Waals surface area (Å²) in [5.74, 6) is 1.31. The van der Waals surface area contributed by atoms with Crippen LogP contribution in [0.2, 0.25) is 0 Å². The summed E-state index contributed by atoms with van der Waals surface area (Å²) >= 11 is 3.43. The summed E-state index contributed by atoms with van der Waals surface area (Å²) in [6, 6.07) is 11.2. The van der Waals surface area contributed by atoms with Crippen molar-refractivity contribution < 1.29 is 14.3 Å². The first-order valence-electron chi connectivity index (χ1n) is 7.32. The lowest BCUT2D eigenvalue weighted by Crippen LogP contribution is -2.28. The van der Waals surface area contributed by atoms with Gasteiger partial charge in [-0.3, -0.25) is 0 Å². The fraction of sp³-hybridized carbons (Fsp3) is 0.235. The maximum absolute atomic E-state index is 12.1. The van der Waals surface area contributed by atoms with Gasteiger partial charge < -0.3 is 20.1 Å². The van der Waals surface area contributed by atoms with E-state index < -0.39 is 0 Å². The summed E-state index contributed by atoms with van der Waals surface area (Å²) < 4.78 is 11.8. The highest BCUT2D eigenvalue weighted by Gasteiger charge is 2.16. The molecule has 0 bridgehead atoms. The maximum Gasteiger partial charge on any atom is 0.319 e. The number of ether oxygens (including phenoxy) is 2. The summed E-state index contributed by atoms with van der Waals surface area (Å²) in [7, 11) is 0. The molecule has 2 aromatic rings. The van der Waals surface area contributed by atoms with Gasteiger partial charge in [-0.25, -0.2) is 4.79 Å². The average Bonchev–Trinajstić information content (AvgIpc) is 2.55. The number of fused-ring (bicyclic) bond motifs is 1. The fourth-order valence-electron chi connectivity index (χ4n) is 2.31. The Morgan fingerprint density at radius 2 is 1.87 bits per heavy atom. The first kappa shape index (κ1) is 15.7. The van der Waals surface area contributed by atoms with E-state index in [-0.39, 0.29) is 6.03 Å². The number of rotatable bonds is 3. The summed E-state index contributed by atoms with van der Waals surface area (Å²) in [6.45, 7) is 3.53. The van der Waals surface area contributed by atoms with Crippen LogP contribution >= 0.6 is 15.9 Å². The molecule has 5 nitrogen and oxygen atoms in total. The third kappa shape index (κ3) is 3.76. The van der Waals surface area contributed by atoms with Gasteiger partial charge in [0, 0.05) is 23.2 Å². The molecule has 6 heteroatoms. The standard InChI is InChI=1S/C17H17BrN2O3/c1-11-4-2-3-5-12(11)10-19-17(21)20-14-9-16-15(8-13(14)18)22-6-7-23-16/h2-5,8-9H,6-7,10H2,1H3,(H2,19,20,21). The molecule has 2 amide bonds.